The molecule has 1 amide bonds. The second kappa shape index (κ2) is 8.63. The van der Waals surface area contributed by atoms with Crippen molar-refractivity contribution in [2.45, 2.75) is 26.9 Å². The molecule has 31 heavy (non-hydrogen) atoms. The van der Waals surface area contributed by atoms with E-state index in [9.17, 15) is 22.8 Å². The molecule has 2 aromatic carbocycles. The molecule has 0 aliphatic heterocycles. The van der Waals surface area contributed by atoms with Crippen LogP contribution in [0, 0.1) is 20.8 Å². The Morgan fingerprint density at radius 1 is 1.03 bits per heavy atom. The van der Waals surface area contributed by atoms with Crippen molar-refractivity contribution in [3.63, 3.8) is 0 Å². The van der Waals surface area contributed by atoms with E-state index in [0.29, 0.717) is 17.1 Å². The van der Waals surface area contributed by atoms with Crippen molar-refractivity contribution >= 4 is 17.6 Å². The number of benzene rings is 2. The number of carbonyl (C=O) groups is 2. The minimum Gasteiger partial charge on any atom is -0.452 e. The lowest BCUT2D eigenvalue weighted by molar-refractivity contribution is -0.138. The minimum atomic E-state index is -4.71. The number of esters is 1. The zero-order chi connectivity index (χ0) is 22.8. The fraction of sp³-hybridized carbons (Fsp3) is 0.227. The molecular formula is C22H20F3N3O3. The highest BCUT2D eigenvalue weighted by Gasteiger charge is 2.35. The van der Waals surface area contributed by atoms with E-state index in [4.69, 9.17) is 4.74 Å². The Hall–Kier alpha value is -3.62. The first-order valence-electron chi connectivity index (χ1n) is 9.34. The van der Waals surface area contributed by atoms with Crippen molar-refractivity contribution in [1.82, 2.24) is 9.78 Å². The van der Waals surface area contributed by atoms with Crippen LogP contribution in [0.25, 0.3) is 5.69 Å². The molecule has 3 aromatic rings. The maximum Gasteiger partial charge on any atom is 0.417 e. The van der Waals surface area contributed by atoms with Gasteiger partial charge in [-0.2, -0.15) is 18.3 Å². The first-order valence-corrected chi connectivity index (χ1v) is 9.34. The number of amides is 1. The molecule has 0 unspecified atom stereocenters. The molecular weight excluding hydrogens is 411 g/mol. The van der Waals surface area contributed by atoms with Crippen LogP contribution in [0.15, 0.2) is 48.5 Å². The van der Waals surface area contributed by atoms with Gasteiger partial charge in [0.1, 0.15) is 0 Å². The summed E-state index contributed by atoms with van der Waals surface area (Å²) in [4.78, 5) is 24.4. The van der Waals surface area contributed by atoms with Crippen LogP contribution in [-0.4, -0.2) is 28.3 Å². The van der Waals surface area contributed by atoms with Crippen LogP contribution in [0.2, 0.25) is 0 Å². The molecule has 0 saturated carbocycles. The van der Waals surface area contributed by atoms with Crippen molar-refractivity contribution < 1.29 is 27.5 Å². The zero-order valence-corrected chi connectivity index (χ0v) is 17.1. The summed E-state index contributed by atoms with van der Waals surface area (Å²) in [6, 6.07) is 11.9. The molecule has 9 heteroatoms. The average molecular weight is 431 g/mol. The molecule has 0 aliphatic rings. The van der Waals surface area contributed by atoms with E-state index < -0.39 is 35.8 Å². The van der Waals surface area contributed by atoms with Gasteiger partial charge in [-0.1, -0.05) is 29.8 Å². The van der Waals surface area contributed by atoms with Crippen LogP contribution in [0.1, 0.15) is 32.9 Å². The Balaban J connectivity index is 1.70. The van der Waals surface area contributed by atoms with Crippen molar-refractivity contribution in [3.05, 3.63) is 76.6 Å². The summed E-state index contributed by atoms with van der Waals surface area (Å²) in [5, 5.41) is 7.02. The number of aromatic nitrogens is 2. The summed E-state index contributed by atoms with van der Waals surface area (Å²) in [7, 11) is 0. The molecule has 1 heterocycles. The lowest BCUT2D eigenvalue weighted by atomic mass is 10.1. The Morgan fingerprint density at radius 2 is 1.68 bits per heavy atom. The zero-order valence-electron chi connectivity index (χ0n) is 17.1. The maximum absolute atomic E-state index is 13.1. The van der Waals surface area contributed by atoms with Gasteiger partial charge in [-0.15, -0.1) is 0 Å². The number of halogens is 3. The highest BCUT2D eigenvalue weighted by molar-refractivity contribution is 5.96. The van der Waals surface area contributed by atoms with Gasteiger partial charge in [0.05, 0.1) is 33.9 Å². The van der Waals surface area contributed by atoms with Crippen molar-refractivity contribution in [2.75, 3.05) is 11.9 Å². The van der Waals surface area contributed by atoms with E-state index in [-0.39, 0.29) is 0 Å². The third-order valence-corrected chi connectivity index (χ3v) is 4.62. The Kier molecular flexibility index (Phi) is 6.14. The Bertz CT molecular complexity index is 1120. The predicted octanol–water partition coefficient (Wildman–Crippen LogP) is 4.61. The maximum atomic E-state index is 13.1. The molecule has 1 N–H and O–H groups in total. The number of hydrogen-bond acceptors (Lipinski definition) is 4. The van der Waals surface area contributed by atoms with Gasteiger partial charge in [0.2, 0.25) is 0 Å². The normalized spacial score (nSPS) is 11.3. The molecule has 0 atom stereocenters. The van der Waals surface area contributed by atoms with E-state index >= 15 is 0 Å². The smallest absolute Gasteiger partial charge is 0.417 e. The van der Waals surface area contributed by atoms with Gasteiger partial charge in [0.25, 0.3) is 5.91 Å². The van der Waals surface area contributed by atoms with Gasteiger partial charge in [0.15, 0.2) is 6.61 Å². The molecule has 0 aliphatic carbocycles. The quantitative estimate of drug-likeness (QED) is 0.599. The van der Waals surface area contributed by atoms with E-state index in [0.717, 1.165) is 23.4 Å². The van der Waals surface area contributed by atoms with Crippen LogP contribution in [-0.2, 0) is 15.7 Å². The topological polar surface area (TPSA) is 73.2 Å². The fourth-order valence-corrected chi connectivity index (χ4v) is 3.05. The summed E-state index contributed by atoms with van der Waals surface area (Å²) in [6.45, 7) is 4.70. The van der Waals surface area contributed by atoms with Gasteiger partial charge in [-0.25, -0.2) is 9.48 Å². The van der Waals surface area contributed by atoms with Crippen molar-refractivity contribution in [1.29, 1.82) is 0 Å². The standard InChI is InChI=1S/C22H20F3N3O3/c1-13-8-10-16(11-9-13)28-15(3)20(14(2)27-28)26-19(29)12-31-21(30)17-6-4-5-7-18(17)22(23,24)25/h4-11H,12H2,1-3H3,(H,26,29). The highest BCUT2D eigenvalue weighted by atomic mass is 19.4. The van der Waals surface area contributed by atoms with Gasteiger partial charge >= 0.3 is 12.1 Å². The van der Waals surface area contributed by atoms with Gasteiger partial charge in [0, 0.05) is 0 Å². The van der Waals surface area contributed by atoms with E-state index in [1.54, 1.807) is 18.5 Å². The number of hydrogen-bond donors (Lipinski definition) is 1. The molecule has 0 radical (unpaired) electrons. The van der Waals surface area contributed by atoms with E-state index in [1.165, 1.54) is 12.1 Å². The summed E-state index contributed by atoms with van der Waals surface area (Å²) >= 11 is 0. The van der Waals surface area contributed by atoms with E-state index in [2.05, 4.69) is 10.4 Å². The lowest BCUT2D eigenvalue weighted by Gasteiger charge is -2.12. The van der Waals surface area contributed by atoms with Gasteiger partial charge < -0.3 is 10.1 Å². The predicted molar refractivity (Wildman–Crippen MR) is 108 cm³/mol. The van der Waals surface area contributed by atoms with Crippen LogP contribution < -0.4 is 5.32 Å². The molecule has 0 bridgehead atoms. The van der Waals surface area contributed by atoms with E-state index in [1.807, 2.05) is 31.2 Å². The minimum absolute atomic E-state index is 0.442. The highest BCUT2D eigenvalue weighted by Crippen LogP contribution is 2.32. The average Bonchev–Trinajstić information content (AvgIpc) is 3.00. The number of anilines is 1. The Labute approximate surface area is 176 Å². The second-order valence-electron chi connectivity index (χ2n) is 6.96. The second-order valence-corrected chi connectivity index (χ2v) is 6.96. The van der Waals surface area contributed by atoms with Gasteiger partial charge in [-0.3, -0.25) is 4.79 Å². The third-order valence-electron chi connectivity index (χ3n) is 4.62. The molecule has 6 nitrogen and oxygen atoms in total. The van der Waals surface area contributed by atoms with Crippen LogP contribution >= 0.6 is 0 Å². The van der Waals surface area contributed by atoms with Crippen molar-refractivity contribution in [2.24, 2.45) is 0 Å². The van der Waals surface area contributed by atoms with Crippen molar-refractivity contribution in [3.8, 4) is 5.69 Å². The number of carbonyl (C=O) groups excluding carboxylic acids is 2. The fourth-order valence-electron chi connectivity index (χ4n) is 3.05. The van der Waals surface area contributed by atoms with Crippen LogP contribution in [0.3, 0.4) is 0 Å². The number of ether oxygens (including phenoxy) is 1. The lowest BCUT2D eigenvalue weighted by Crippen LogP contribution is -2.23. The number of nitrogens with zero attached hydrogens (tertiary/aromatic N) is 2. The molecule has 0 saturated heterocycles. The number of alkyl halides is 3. The van der Waals surface area contributed by atoms with Crippen LogP contribution in [0.4, 0.5) is 18.9 Å². The molecule has 1 aromatic heterocycles. The monoisotopic (exact) mass is 431 g/mol. The molecule has 3 rings (SSSR count). The first kappa shape index (κ1) is 22.1. The molecule has 0 spiro atoms. The molecule has 162 valence electrons. The summed E-state index contributed by atoms with van der Waals surface area (Å²) in [5.74, 6) is -1.92. The largest absolute Gasteiger partial charge is 0.452 e. The number of rotatable bonds is 5. The summed E-state index contributed by atoms with van der Waals surface area (Å²) in [5.41, 5.74) is 1.77. The summed E-state index contributed by atoms with van der Waals surface area (Å²) < 4.78 is 45.6. The molecule has 0 fully saturated rings. The Morgan fingerprint density at radius 3 is 2.32 bits per heavy atom. The SMILES string of the molecule is Cc1ccc(-n2nc(C)c(NC(=O)COC(=O)c3ccccc3C(F)(F)F)c2C)cc1. The van der Waals surface area contributed by atoms with Crippen LogP contribution in [0.5, 0.6) is 0 Å². The summed E-state index contributed by atoms with van der Waals surface area (Å²) in [6.07, 6.45) is -4.71. The first-order chi connectivity index (χ1) is 14.6. The number of nitrogens with one attached hydrogen (secondary N) is 1. The number of aryl methyl sites for hydroxylation is 2. The van der Waals surface area contributed by atoms with Gasteiger partial charge in [-0.05, 0) is 45.0 Å². The third kappa shape index (κ3) is 4.93.